The van der Waals surface area contributed by atoms with Crippen molar-refractivity contribution in [2.75, 3.05) is 0 Å². The molecule has 0 N–H and O–H groups in total. The van der Waals surface area contributed by atoms with Crippen LogP contribution in [0.4, 0.5) is 0 Å². The lowest BCUT2D eigenvalue weighted by molar-refractivity contribution is 0.668. The van der Waals surface area contributed by atoms with Crippen LogP contribution in [0.25, 0.3) is 123 Å². The first-order chi connectivity index (χ1) is 30.7. The number of hydrogen-bond donors (Lipinski definition) is 0. The zero-order chi connectivity index (χ0) is 41.0. The quantitative estimate of drug-likeness (QED) is 0.157. The minimum absolute atomic E-state index is 0.534. The van der Waals surface area contributed by atoms with Gasteiger partial charge in [0.15, 0.2) is 34.9 Å². The second kappa shape index (κ2) is 14.6. The second-order valence-electron chi connectivity index (χ2n) is 15.0. The van der Waals surface area contributed by atoms with E-state index >= 15 is 0 Å². The highest BCUT2D eigenvalue weighted by molar-refractivity contribution is 6.15. The molecule has 0 unspecified atom stereocenters. The summed E-state index contributed by atoms with van der Waals surface area (Å²) in [6.45, 7) is 0. The van der Waals surface area contributed by atoms with Crippen LogP contribution in [0.15, 0.2) is 203 Å². The lowest BCUT2D eigenvalue weighted by Gasteiger charge is -2.09. The lowest BCUT2D eigenvalue weighted by atomic mass is 9.98. The van der Waals surface area contributed by atoms with Crippen molar-refractivity contribution in [2.45, 2.75) is 0 Å². The number of furan rings is 2. The van der Waals surface area contributed by atoms with E-state index in [9.17, 15) is 0 Å². The van der Waals surface area contributed by atoms with E-state index in [0.29, 0.717) is 40.5 Å². The van der Waals surface area contributed by atoms with Crippen LogP contribution in [0.1, 0.15) is 0 Å². The van der Waals surface area contributed by atoms with Crippen molar-refractivity contribution >= 4 is 43.9 Å². The van der Waals surface area contributed by atoms with Gasteiger partial charge >= 0.3 is 0 Å². The van der Waals surface area contributed by atoms with Crippen molar-refractivity contribution in [3.05, 3.63) is 194 Å². The number of fused-ring (bicyclic) bond motifs is 6. The molecule has 0 amide bonds. The maximum atomic E-state index is 6.95. The summed E-state index contributed by atoms with van der Waals surface area (Å²) >= 11 is 0. The fourth-order valence-electron chi connectivity index (χ4n) is 8.26. The van der Waals surface area contributed by atoms with E-state index in [1.807, 2.05) is 152 Å². The van der Waals surface area contributed by atoms with Gasteiger partial charge < -0.3 is 8.83 Å². The molecule has 12 aromatic rings. The molecule has 290 valence electrons. The van der Waals surface area contributed by atoms with E-state index in [2.05, 4.69) is 42.5 Å². The molecule has 0 saturated carbocycles. The van der Waals surface area contributed by atoms with E-state index in [1.54, 1.807) is 0 Å². The standard InChI is InChI=1S/C54H32N6O2/c1-5-16-33(17-6-1)49-55-50(34-18-7-2-8-19-34)58-53(57-49)41-27-15-29-45-46(41)43-32-37(30-31-44(43)61-45)38-24-13-25-39-40-26-14-28-42(48(40)62-47(38)39)54-59-51(35-20-9-3-10-21-35)56-52(60-54)36-22-11-4-12-23-36/h1-32H. The second-order valence-corrected chi connectivity index (χ2v) is 15.0. The van der Waals surface area contributed by atoms with Crippen LogP contribution in [0.5, 0.6) is 0 Å². The average molecular weight is 797 g/mol. The van der Waals surface area contributed by atoms with Crippen LogP contribution < -0.4 is 0 Å². The molecule has 0 aliphatic heterocycles. The third-order valence-corrected chi connectivity index (χ3v) is 11.2. The van der Waals surface area contributed by atoms with Crippen LogP contribution >= 0.6 is 0 Å². The minimum Gasteiger partial charge on any atom is -0.456 e. The summed E-state index contributed by atoms with van der Waals surface area (Å²) in [5.74, 6) is 3.47. The molecule has 0 bridgehead atoms. The van der Waals surface area contributed by atoms with Gasteiger partial charge in [-0.3, -0.25) is 0 Å². The van der Waals surface area contributed by atoms with Gasteiger partial charge in [-0.05, 0) is 29.8 Å². The predicted octanol–water partition coefficient (Wildman–Crippen LogP) is 13.5. The highest BCUT2D eigenvalue weighted by atomic mass is 16.3. The van der Waals surface area contributed by atoms with Gasteiger partial charge in [0.2, 0.25) is 0 Å². The lowest BCUT2D eigenvalue weighted by Crippen LogP contribution is -2.00. The molecule has 0 spiro atoms. The maximum absolute atomic E-state index is 6.95. The molecule has 0 atom stereocenters. The summed E-state index contributed by atoms with van der Waals surface area (Å²) in [4.78, 5) is 30.0. The van der Waals surface area contributed by atoms with Gasteiger partial charge in [-0.15, -0.1) is 0 Å². The summed E-state index contributed by atoms with van der Waals surface area (Å²) in [6.07, 6.45) is 0. The molecule has 0 radical (unpaired) electrons. The molecule has 0 aliphatic rings. The molecule has 8 nitrogen and oxygen atoms in total. The van der Waals surface area contributed by atoms with E-state index in [0.717, 1.165) is 82.8 Å². The van der Waals surface area contributed by atoms with Gasteiger partial charge in [0, 0.05) is 54.9 Å². The summed E-state index contributed by atoms with van der Waals surface area (Å²) < 4.78 is 13.5. The van der Waals surface area contributed by atoms with E-state index < -0.39 is 0 Å². The van der Waals surface area contributed by atoms with E-state index in [-0.39, 0.29) is 0 Å². The monoisotopic (exact) mass is 796 g/mol. The molecule has 8 heteroatoms. The predicted molar refractivity (Wildman–Crippen MR) is 246 cm³/mol. The number of aromatic nitrogens is 6. The normalized spacial score (nSPS) is 11.5. The van der Waals surface area contributed by atoms with Crippen molar-refractivity contribution in [3.63, 3.8) is 0 Å². The fraction of sp³-hybridized carbons (Fsp3) is 0. The Morgan fingerprint density at radius 3 is 1.19 bits per heavy atom. The van der Waals surface area contributed by atoms with Crippen LogP contribution in [0, 0.1) is 0 Å². The SMILES string of the molecule is c1ccc(-c2nc(-c3ccccc3)nc(-c3cccc4c3oc3c(-c5ccc6oc7cccc(-c8nc(-c9ccccc9)nc(-c9ccccc9)n8)c7c6c5)cccc34)n2)cc1. The molecule has 62 heavy (non-hydrogen) atoms. The largest absolute Gasteiger partial charge is 0.456 e. The Labute approximate surface area is 354 Å². The van der Waals surface area contributed by atoms with E-state index in [1.165, 1.54) is 0 Å². The molecule has 12 rings (SSSR count). The number of para-hydroxylation sites is 2. The van der Waals surface area contributed by atoms with Gasteiger partial charge in [-0.1, -0.05) is 170 Å². The number of benzene rings is 8. The molecule has 4 heterocycles. The fourth-order valence-corrected chi connectivity index (χ4v) is 8.26. The third kappa shape index (κ3) is 6.09. The van der Waals surface area contributed by atoms with Crippen molar-refractivity contribution in [3.8, 4) is 79.5 Å². The zero-order valence-electron chi connectivity index (χ0n) is 33.0. The summed E-state index contributed by atoms with van der Waals surface area (Å²) in [6, 6.07) is 64.7. The highest BCUT2D eigenvalue weighted by Gasteiger charge is 2.22. The van der Waals surface area contributed by atoms with Crippen molar-refractivity contribution in [1.29, 1.82) is 0 Å². The number of hydrogen-bond acceptors (Lipinski definition) is 8. The van der Waals surface area contributed by atoms with Crippen LogP contribution in [-0.2, 0) is 0 Å². The highest BCUT2D eigenvalue weighted by Crippen LogP contribution is 2.42. The number of rotatable bonds is 7. The Hall–Kier alpha value is -8.62. The Balaban J connectivity index is 1.02. The molecule has 4 aromatic heterocycles. The maximum Gasteiger partial charge on any atom is 0.167 e. The summed E-state index contributed by atoms with van der Waals surface area (Å²) in [5, 5.41) is 3.82. The average Bonchev–Trinajstić information content (AvgIpc) is 3.93. The Bertz CT molecular complexity index is 3510. The molecular weight excluding hydrogens is 765 g/mol. The summed E-state index contributed by atoms with van der Waals surface area (Å²) in [5.41, 5.74) is 10.1. The molecule has 0 fully saturated rings. The zero-order valence-corrected chi connectivity index (χ0v) is 33.0. The van der Waals surface area contributed by atoms with Gasteiger partial charge in [0.05, 0.1) is 5.56 Å². The Morgan fingerprint density at radius 2 is 0.677 bits per heavy atom. The first-order valence-corrected chi connectivity index (χ1v) is 20.4. The van der Waals surface area contributed by atoms with Crippen LogP contribution in [0.3, 0.4) is 0 Å². The van der Waals surface area contributed by atoms with E-state index in [4.69, 9.17) is 38.7 Å². The van der Waals surface area contributed by atoms with Gasteiger partial charge in [-0.25, -0.2) is 29.9 Å². The van der Waals surface area contributed by atoms with Crippen LogP contribution in [0.2, 0.25) is 0 Å². The van der Waals surface area contributed by atoms with Crippen molar-refractivity contribution in [1.82, 2.24) is 29.9 Å². The Morgan fingerprint density at radius 1 is 0.258 bits per heavy atom. The minimum atomic E-state index is 0.534. The van der Waals surface area contributed by atoms with Gasteiger partial charge in [0.1, 0.15) is 22.3 Å². The summed E-state index contributed by atoms with van der Waals surface area (Å²) in [7, 11) is 0. The van der Waals surface area contributed by atoms with Crippen molar-refractivity contribution in [2.24, 2.45) is 0 Å². The number of nitrogens with zero attached hydrogens (tertiary/aromatic N) is 6. The third-order valence-electron chi connectivity index (χ3n) is 11.2. The van der Waals surface area contributed by atoms with Crippen LogP contribution in [-0.4, -0.2) is 29.9 Å². The van der Waals surface area contributed by atoms with Crippen molar-refractivity contribution < 1.29 is 8.83 Å². The molecule has 8 aromatic carbocycles. The molecular formula is C54H32N6O2. The first-order valence-electron chi connectivity index (χ1n) is 20.4. The topological polar surface area (TPSA) is 104 Å². The Kier molecular flexibility index (Phi) is 8.31. The first kappa shape index (κ1) is 35.3. The van der Waals surface area contributed by atoms with Gasteiger partial charge in [0.25, 0.3) is 0 Å². The molecule has 0 aliphatic carbocycles. The smallest absolute Gasteiger partial charge is 0.167 e. The van der Waals surface area contributed by atoms with Gasteiger partial charge in [-0.2, -0.15) is 0 Å². The molecule has 0 saturated heterocycles.